The van der Waals surface area contributed by atoms with Crippen LogP contribution in [0.25, 0.3) is 11.1 Å². The minimum Gasteiger partial charge on any atom is -0.492 e. The molecule has 1 aliphatic heterocycles. The Labute approximate surface area is 196 Å². The molecule has 3 aromatic rings. The molecular formula is C27H32N4O2. The molecule has 0 bridgehead atoms. The number of amides is 1. The van der Waals surface area contributed by atoms with Crippen LogP contribution in [-0.2, 0) is 17.8 Å². The van der Waals surface area contributed by atoms with Gasteiger partial charge in [0.2, 0.25) is 5.91 Å². The summed E-state index contributed by atoms with van der Waals surface area (Å²) in [7, 11) is 2.17. The number of rotatable bonds is 9. The van der Waals surface area contributed by atoms with Gasteiger partial charge in [-0.05, 0) is 36.4 Å². The molecule has 33 heavy (non-hydrogen) atoms. The third-order valence-corrected chi connectivity index (χ3v) is 5.96. The molecule has 172 valence electrons. The highest BCUT2D eigenvalue weighted by Gasteiger charge is 2.13. The van der Waals surface area contributed by atoms with Gasteiger partial charge in [0.25, 0.3) is 0 Å². The Morgan fingerprint density at radius 1 is 0.939 bits per heavy atom. The Kier molecular flexibility index (Phi) is 8.06. The molecule has 1 fully saturated rings. The summed E-state index contributed by atoms with van der Waals surface area (Å²) in [5.74, 6) is 0.883. The molecule has 4 rings (SSSR count). The van der Waals surface area contributed by atoms with Crippen molar-refractivity contribution in [3.63, 3.8) is 0 Å². The zero-order chi connectivity index (χ0) is 22.9. The molecule has 2 heterocycles. The molecule has 1 N–H and O–H groups in total. The third-order valence-electron chi connectivity index (χ3n) is 5.96. The Balaban J connectivity index is 1.21. The van der Waals surface area contributed by atoms with Gasteiger partial charge >= 0.3 is 0 Å². The van der Waals surface area contributed by atoms with E-state index in [1.165, 1.54) is 0 Å². The summed E-state index contributed by atoms with van der Waals surface area (Å²) in [4.78, 5) is 21.4. The lowest BCUT2D eigenvalue weighted by Gasteiger charge is -2.32. The number of carbonyl (C=O) groups excluding carboxylic acids is 1. The van der Waals surface area contributed by atoms with Crippen molar-refractivity contribution < 1.29 is 9.53 Å². The first-order valence-corrected chi connectivity index (χ1v) is 11.6. The number of pyridine rings is 1. The average molecular weight is 445 g/mol. The van der Waals surface area contributed by atoms with Gasteiger partial charge in [-0.3, -0.25) is 14.7 Å². The van der Waals surface area contributed by atoms with Crippen LogP contribution in [0.4, 0.5) is 0 Å². The van der Waals surface area contributed by atoms with Crippen molar-refractivity contribution in [1.29, 1.82) is 0 Å². The number of nitrogens with zero attached hydrogens (tertiary/aromatic N) is 3. The van der Waals surface area contributed by atoms with Crippen LogP contribution >= 0.6 is 0 Å². The molecular weight excluding hydrogens is 412 g/mol. The van der Waals surface area contributed by atoms with Crippen molar-refractivity contribution in [3.8, 4) is 16.9 Å². The van der Waals surface area contributed by atoms with E-state index < -0.39 is 0 Å². The van der Waals surface area contributed by atoms with Crippen LogP contribution in [0.2, 0.25) is 0 Å². The summed E-state index contributed by atoms with van der Waals surface area (Å²) < 4.78 is 5.93. The van der Waals surface area contributed by atoms with E-state index in [4.69, 9.17) is 4.74 Å². The third kappa shape index (κ3) is 7.14. The predicted octanol–water partition coefficient (Wildman–Crippen LogP) is 3.23. The lowest BCUT2D eigenvalue weighted by Crippen LogP contribution is -2.45. The molecule has 0 unspecified atom stereocenters. The fourth-order valence-corrected chi connectivity index (χ4v) is 3.84. The van der Waals surface area contributed by atoms with Gasteiger partial charge in [0.15, 0.2) is 0 Å². The first-order valence-electron chi connectivity index (χ1n) is 11.6. The Hall–Kier alpha value is -3.22. The highest BCUT2D eigenvalue weighted by Crippen LogP contribution is 2.22. The van der Waals surface area contributed by atoms with E-state index in [-0.39, 0.29) is 5.91 Å². The number of nitrogens with one attached hydrogen (secondary N) is 1. The van der Waals surface area contributed by atoms with Crippen molar-refractivity contribution >= 4 is 5.91 Å². The van der Waals surface area contributed by atoms with E-state index in [0.29, 0.717) is 19.6 Å². The molecule has 0 aliphatic carbocycles. The van der Waals surface area contributed by atoms with Crippen molar-refractivity contribution in [1.82, 2.24) is 20.1 Å². The molecule has 6 heteroatoms. The summed E-state index contributed by atoms with van der Waals surface area (Å²) in [5.41, 5.74) is 3.97. The number of aromatic nitrogens is 1. The number of piperazine rings is 1. The first kappa shape index (κ1) is 23.0. The number of carbonyl (C=O) groups is 1. The lowest BCUT2D eigenvalue weighted by atomic mass is 10.1. The summed E-state index contributed by atoms with van der Waals surface area (Å²) in [6.07, 6.45) is 2.23. The molecule has 1 saturated heterocycles. The van der Waals surface area contributed by atoms with Gasteiger partial charge in [0.1, 0.15) is 12.4 Å². The summed E-state index contributed by atoms with van der Waals surface area (Å²) in [6.45, 7) is 6.56. The number of ether oxygens (including phenoxy) is 1. The molecule has 2 aromatic carbocycles. The number of benzene rings is 2. The molecule has 0 radical (unpaired) electrons. The van der Waals surface area contributed by atoms with Gasteiger partial charge in [0.05, 0.1) is 18.7 Å². The second-order valence-electron chi connectivity index (χ2n) is 8.50. The van der Waals surface area contributed by atoms with Gasteiger partial charge in [-0.25, -0.2) is 0 Å². The van der Waals surface area contributed by atoms with E-state index in [2.05, 4.69) is 39.3 Å². The van der Waals surface area contributed by atoms with Crippen molar-refractivity contribution in [3.05, 3.63) is 84.2 Å². The average Bonchev–Trinajstić information content (AvgIpc) is 2.85. The molecule has 1 aromatic heterocycles. The SMILES string of the molecule is CN1CCN(CCOc2ccc(-c3ccc(CNC(=O)Cc4ccccc4)nc3)cc2)CC1. The molecule has 0 saturated carbocycles. The van der Waals surface area contributed by atoms with Crippen molar-refractivity contribution in [2.45, 2.75) is 13.0 Å². The van der Waals surface area contributed by atoms with Crippen LogP contribution in [0.5, 0.6) is 5.75 Å². The Morgan fingerprint density at radius 3 is 2.36 bits per heavy atom. The van der Waals surface area contributed by atoms with E-state index in [0.717, 1.165) is 60.9 Å². The van der Waals surface area contributed by atoms with Crippen LogP contribution in [0.3, 0.4) is 0 Å². The highest BCUT2D eigenvalue weighted by atomic mass is 16.5. The normalized spacial score (nSPS) is 14.7. The first-order chi connectivity index (χ1) is 16.2. The maximum atomic E-state index is 12.1. The zero-order valence-electron chi connectivity index (χ0n) is 19.2. The van der Waals surface area contributed by atoms with E-state index in [1.807, 2.05) is 60.8 Å². The molecule has 1 aliphatic rings. The highest BCUT2D eigenvalue weighted by molar-refractivity contribution is 5.78. The van der Waals surface area contributed by atoms with Gasteiger partial charge < -0.3 is 15.0 Å². The smallest absolute Gasteiger partial charge is 0.224 e. The molecule has 0 atom stereocenters. The largest absolute Gasteiger partial charge is 0.492 e. The minimum absolute atomic E-state index is 0.00436. The number of hydrogen-bond acceptors (Lipinski definition) is 5. The monoisotopic (exact) mass is 444 g/mol. The van der Waals surface area contributed by atoms with E-state index >= 15 is 0 Å². The van der Waals surface area contributed by atoms with E-state index in [9.17, 15) is 4.79 Å². The summed E-state index contributed by atoms with van der Waals surface area (Å²) in [6, 6.07) is 21.9. The van der Waals surface area contributed by atoms with Crippen LogP contribution in [0.1, 0.15) is 11.3 Å². The van der Waals surface area contributed by atoms with Crippen LogP contribution in [0.15, 0.2) is 72.9 Å². The zero-order valence-corrected chi connectivity index (χ0v) is 19.2. The Bertz CT molecular complexity index is 999. The predicted molar refractivity (Wildman–Crippen MR) is 131 cm³/mol. The van der Waals surface area contributed by atoms with Gasteiger partial charge in [-0.15, -0.1) is 0 Å². The number of hydrogen-bond donors (Lipinski definition) is 1. The quantitative estimate of drug-likeness (QED) is 0.549. The second kappa shape index (κ2) is 11.6. The van der Waals surface area contributed by atoms with Gasteiger partial charge in [-0.2, -0.15) is 0 Å². The van der Waals surface area contributed by atoms with Crippen LogP contribution in [0, 0.1) is 0 Å². The topological polar surface area (TPSA) is 57.7 Å². The summed E-state index contributed by atoms with van der Waals surface area (Å²) in [5, 5.41) is 2.94. The van der Waals surface area contributed by atoms with Crippen LogP contribution in [-0.4, -0.2) is 67.1 Å². The standard InChI is InChI=1S/C27H32N4O2/c1-30-13-15-31(16-14-30)17-18-33-26-11-8-23(9-12-26)24-7-10-25(28-20-24)21-29-27(32)19-22-5-3-2-4-6-22/h2-12,20H,13-19,21H2,1H3,(H,29,32). The van der Waals surface area contributed by atoms with Crippen LogP contribution < -0.4 is 10.1 Å². The second-order valence-corrected chi connectivity index (χ2v) is 8.50. The maximum absolute atomic E-state index is 12.1. The van der Waals surface area contributed by atoms with E-state index in [1.54, 1.807) is 0 Å². The minimum atomic E-state index is -0.00436. The summed E-state index contributed by atoms with van der Waals surface area (Å²) >= 11 is 0. The van der Waals surface area contributed by atoms with Gasteiger partial charge in [0, 0.05) is 44.5 Å². The fourth-order valence-electron chi connectivity index (χ4n) is 3.84. The molecule has 0 spiro atoms. The molecule has 6 nitrogen and oxygen atoms in total. The lowest BCUT2D eigenvalue weighted by molar-refractivity contribution is -0.120. The van der Waals surface area contributed by atoms with Crippen molar-refractivity contribution in [2.75, 3.05) is 46.4 Å². The van der Waals surface area contributed by atoms with Gasteiger partial charge in [-0.1, -0.05) is 48.5 Å². The Morgan fingerprint density at radius 2 is 1.67 bits per heavy atom. The fraction of sp³-hybridized carbons (Fsp3) is 0.333. The van der Waals surface area contributed by atoms with Crippen molar-refractivity contribution in [2.24, 2.45) is 0 Å². The number of likely N-dealkylation sites (N-methyl/N-ethyl adjacent to an activating group) is 1. The maximum Gasteiger partial charge on any atom is 0.224 e. The molecule has 1 amide bonds.